The van der Waals surface area contributed by atoms with Gasteiger partial charge >= 0.3 is 7.82 Å². The molecule has 132 valence electrons. The zero-order chi connectivity index (χ0) is 17.0. The molecule has 0 amide bonds. The average molecular weight is 354 g/mol. The van der Waals surface area contributed by atoms with Gasteiger partial charge in [-0.25, -0.2) is 4.57 Å². The third-order valence-corrected chi connectivity index (χ3v) is 5.17. The Morgan fingerprint density at radius 3 is 2.67 bits per heavy atom. The Morgan fingerprint density at radius 1 is 1.33 bits per heavy atom. The molecular weight excluding hydrogens is 331 g/mol. The lowest BCUT2D eigenvalue weighted by Crippen LogP contribution is -2.51. The van der Waals surface area contributed by atoms with Gasteiger partial charge in [0.25, 0.3) is 0 Å². The van der Waals surface area contributed by atoms with Crippen molar-refractivity contribution in [1.29, 1.82) is 0 Å². The molecule has 0 radical (unpaired) electrons. The summed E-state index contributed by atoms with van der Waals surface area (Å²) in [7, 11) is -4.26. The zero-order valence-electron chi connectivity index (χ0n) is 13.7. The Morgan fingerprint density at radius 2 is 2.04 bits per heavy atom. The predicted octanol–water partition coefficient (Wildman–Crippen LogP) is 2.76. The molecule has 0 spiro atoms. The van der Waals surface area contributed by atoms with Crippen molar-refractivity contribution in [3.05, 3.63) is 35.9 Å². The summed E-state index contributed by atoms with van der Waals surface area (Å²) in [5, 5.41) is 3.62. The second kappa shape index (κ2) is 7.66. The van der Waals surface area contributed by atoms with Crippen molar-refractivity contribution in [2.45, 2.75) is 32.5 Å². The molecule has 3 aliphatic heterocycles. The van der Waals surface area contributed by atoms with Gasteiger partial charge < -0.3 is 4.74 Å². The molecule has 2 bridgehead atoms. The molecule has 2 unspecified atom stereocenters. The summed E-state index contributed by atoms with van der Waals surface area (Å²) in [6, 6.07) is 9.10. The van der Waals surface area contributed by atoms with E-state index in [4.69, 9.17) is 9.26 Å². The summed E-state index contributed by atoms with van der Waals surface area (Å²) < 4.78 is 27.2. The van der Waals surface area contributed by atoms with Crippen LogP contribution in [0.1, 0.15) is 25.3 Å². The molecule has 24 heavy (non-hydrogen) atoms. The van der Waals surface area contributed by atoms with Gasteiger partial charge in [0.2, 0.25) is 5.90 Å². The average Bonchev–Trinajstić information content (AvgIpc) is 2.61. The van der Waals surface area contributed by atoms with Gasteiger partial charge in [-0.2, -0.15) is 0 Å². The fraction of sp³-hybridized carbons (Fsp3) is 0.562. The normalized spacial score (nSPS) is 29.1. The van der Waals surface area contributed by atoms with Crippen LogP contribution in [0.3, 0.4) is 0 Å². The highest BCUT2D eigenvalue weighted by Crippen LogP contribution is 2.44. The van der Waals surface area contributed by atoms with E-state index >= 15 is 0 Å². The quantitative estimate of drug-likeness (QED) is 0.366. The third-order valence-electron chi connectivity index (χ3n) is 4.43. The van der Waals surface area contributed by atoms with Crippen LogP contribution in [0.25, 0.3) is 0 Å². The lowest BCUT2D eigenvalue weighted by atomic mass is 9.86. The van der Waals surface area contributed by atoms with Crippen molar-refractivity contribution < 1.29 is 23.3 Å². The first-order chi connectivity index (χ1) is 11.5. The van der Waals surface area contributed by atoms with Crippen LogP contribution < -0.4 is 0 Å². The Bertz CT molecular complexity index is 616. The van der Waals surface area contributed by atoms with Gasteiger partial charge in [-0.1, -0.05) is 30.3 Å². The zero-order valence-corrected chi connectivity index (χ0v) is 14.6. The largest absolute Gasteiger partial charge is 0.548 e. The Kier molecular flexibility index (Phi) is 5.56. The van der Waals surface area contributed by atoms with E-state index < -0.39 is 7.82 Å². The van der Waals surface area contributed by atoms with Crippen molar-refractivity contribution in [2.24, 2.45) is 11.1 Å². The molecule has 4 rings (SSSR count). The maximum Gasteiger partial charge on any atom is 0.548 e. The standard InChI is InChI=1S/C16H23N2O5P/c1-13(22-16-11-18-9-7-15(16)8-10-18)17-23-24(19,20)21-12-14-5-3-2-4-6-14/h2-6,15-16H,7-12H2,1H3,(H,19,20). The van der Waals surface area contributed by atoms with Gasteiger partial charge in [0, 0.05) is 13.5 Å². The van der Waals surface area contributed by atoms with Gasteiger partial charge in [0.05, 0.1) is 6.61 Å². The molecule has 3 fully saturated rings. The van der Waals surface area contributed by atoms with Crippen LogP contribution in [0.4, 0.5) is 0 Å². The third kappa shape index (κ3) is 4.80. The molecule has 7 nitrogen and oxygen atoms in total. The Hall–Kier alpha value is -1.40. The molecule has 1 aromatic carbocycles. The Balaban J connectivity index is 1.47. The van der Waals surface area contributed by atoms with Crippen molar-refractivity contribution >= 4 is 13.7 Å². The van der Waals surface area contributed by atoms with E-state index in [1.54, 1.807) is 19.1 Å². The maximum atomic E-state index is 11.9. The van der Waals surface area contributed by atoms with E-state index in [9.17, 15) is 9.46 Å². The minimum absolute atomic E-state index is 0.0241. The second-order valence-electron chi connectivity index (χ2n) is 6.21. The van der Waals surface area contributed by atoms with E-state index in [0.29, 0.717) is 5.92 Å². The smallest absolute Gasteiger partial charge is 0.474 e. The van der Waals surface area contributed by atoms with Gasteiger partial charge in [0.1, 0.15) is 6.10 Å². The molecule has 2 atom stereocenters. The lowest BCUT2D eigenvalue weighted by molar-refractivity contribution is -0.0170. The van der Waals surface area contributed by atoms with Crippen LogP contribution in [0.2, 0.25) is 0 Å². The van der Waals surface area contributed by atoms with Crippen molar-refractivity contribution in [3.8, 4) is 0 Å². The molecule has 8 heteroatoms. The van der Waals surface area contributed by atoms with Crippen molar-refractivity contribution in [2.75, 3.05) is 19.6 Å². The monoisotopic (exact) mass is 354 g/mol. The number of ether oxygens (including phenoxy) is 1. The van der Waals surface area contributed by atoms with E-state index in [1.807, 2.05) is 18.2 Å². The molecule has 3 saturated heterocycles. The molecule has 1 aromatic rings. The highest BCUT2D eigenvalue weighted by Gasteiger charge is 2.35. The number of rotatable bonds is 6. The van der Waals surface area contributed by atoms with E-state index in [0.717, 1.165) is 38.0 Å². The number of oxime groups is 1. The van der Waals surface area contributed by atoms with E-state index in [-0.39, 0.29) is 18.6 Å². The maximum absolute atomic E-state index is 11.9. The SMILES string of the molecule is CC(=NOP(=O)(O)OCc1ccccc1)OC1CN2CCC1CC2. The summed E-state index contributed by atoms with van der Waals surface area (Å²) in [5.74, 6) is 0.766. The van der Waals surface area contributed by atoms with Crippen LogP contribution >= 0.6 is 7.82 Å². The number of fused-ring (bicyclic) bond motifs is 3. The number of piperidine rings is 3. The topological polar surface area (TPSA) is 80.6 Å². The number of hydrogen-bond donors (Lipinski definition) is 1. The van der Waals surface area contributed by atoms with E-state index in [1.165, 1.54) is 0 Å². The summed E-state index contributed by atoms with van der Waals surface area (Å²) in [4.78, 5) is 12.0. The van der Waals surface area contributed by atoms with Crippen LogP contribution in [0, 0.1) is 5.92 Å². The van der Waals surface area contributed by atoms with Crippen LogP contribution in [-0.2, 0) is 25.1 Å². The summed E-state index contributed by atoms with van der Waals surface area (Å²) in [6.07, 6.45) is 2.32. The summed E-state index contributed by atoms with van der Waals surface area (Å²) in [6.45, 7) is 4.71. The second-order valence-corrected chi connectivity index (χ2v) is 7.57. The molecule has 1 N–H and O–H groups in total. The van der Waals surface area contributed by atoms with Gasteiger partial charge in [0.15, 0.2) is 0 Å². The summed E-state index contributed by atoms with van der Waals surface area (Å²) >= 11 is 0. The van der Waals surface area contributed by atoms with Gasteiger partial charge in [-0.05, 0) is 42.6 Å². The van der Waals surface area contributed by atoms with Gasteiger partial charge in [-0.15, -0.1) is 0 Å². The predicted molar refractivity (Wildman–Crippen MR) is 89.3 cm³/mol. The number of benzene rings is 1. The molecule has 0 aliphatic carbocycles. The first kappa shape index (κ1) is 17.4. The molecule has 3 heterocycles. The first-order valence-corrected chi connectivity index (χ1v) is 9.65. The van der Waals surface area contributed by atoms with Crippen LogP contribution in [-0.4, -0.2) is 41.4 Å². The minimum atomic E-state index is -4.26. The number of phosphoric acid groups is 1. The van der Waals surface area contributed by atoms with Crippen molar-refractivity contribution in [1.82, 2.24) is 4.90 Å². The minimum Gasteiger partial charge on any atom is -0.474 e. The van der Waals surface area contributed by atoms with Gasteiger partial charge in [-0.3, -0.25) is 18.9 Å². The van der Waals surface area contributed by atoms with Crippen molar-refractivity contribution in [3.63, 3.8) is 0 Å². The summed E-state index contributed by atoms with van der Waals surface area (Å²) in [5.41, 5.74) is 0.777. The molecule has 3 aliphatic rings. The highest BCUT2D eigenvalue weighted by molar-refractivity contribution is 7.47. The first-order valence-electron chi connectivity index (χ1n) is 8.15. The van der Waals surface area contributed by atoms with Crippen LogP contribution in [0.5, 0.6) is 0 Å². The number of hydrogen-bond acceptors (Lipinski definition) is 6. The molecule has 0 saturated carbocycles. The number of nitrogens with zero attached hydrogens (tertiary/aromatic N) is 2. The van der Waals surface area contributed by atoms with Crippen LogP contribution in [0.15, 0.2) is 35.5 Å². The van der Waals surface area contributed by atoms with E-state index in [2.05, 4.69) is 14.7 Å². The Labute approximate surface area is 141 Å². The fourth-order valence-corrected chi connectivity index (χ4v) is 3.73. The molecule has 0 aromatic heterocycles. The fourth-order valence-electron chi connectivity index (χ4n) is 3.15. The number of phosphoric ester groups is 1. The molecular formula is C16H23N2O5P. The highest BCUT2D eigenvalue weighted by atomic mass is 31.2. The lowest BCUT2D eigenvalue weighted by Gasteiger charge is -2.44.